The molecule has 1 aliphatic carbocycles. The van der Waals surface area contributed by atoms with Gasteiger partial charge in [0.1, 0.15) is 5.71 Å². The highest BCUT2D eigenvalue weighted by molar-refractivity contribution is 6.05. The van der Waals surface area contributed by atoms with Gasteiger partial charge in [-0.2, -0.15) is 0 Å². The number of rotatable bonds is 0. The monoisotopic (exact) mass is 176 g/mol. The molecular formula is C10H12N2O. The van der Waals surface area contributed by atoms with Crippen molar-refractivity contribution in [2.24, 2.45) is 10.9 Å². The Labute approximate surface area is 76.9 Å². The number of nitrogens with two attached hydrogens (primary N) is 1. The molecule has 0 radical (unpaired) electrons. The van der Waals surface area contributed by atoms with Gasteiger partial charge in [-0.3, -0.25) is 0 Å². The van der Waals surface area contributed by atoms with E-state index in [4.69, 9.17) is 10.9 Å². The van der Waals surface area contributed by atoms with Gasteiger partial charge >= 0.3 is 0 Å². The fraction of sp³-hybridized carbons (Fsp3) is 0.300. The van der Waals surface area contributed by atoms with Gasteiger partial charge in [0.25, 0.3) is 0 Å². The number of fused-ring (bicyclic) bond motifs is 1. The zero-order chi connectivity index (χ0) is 9.26. The lowest BCUT2D eigenvalue weighted by atomic mass is 9.87. The van der Waals surface area contributed by atoms with Gasteiger partial charge in [0, 0.05) is 5.56 Å². The van der Waals surface area contributed by atoms with Crippen molar-refractivity contribution < 1.29 is 5.21 Å². The van der Waals surface area contributed by atoms with Gasteiger partial charge < -0.3 is 10.9 Å². The molecule has 0 saturated carbocycles. The van der Waals surface area contributed by atoms with E-state index in [1.807, 2.05) is 24.3 Å². The van der Waals surface area contributed by atoms with E-state index in [9.17, 15) is 0 Å². The van der Waals surface area contributed by atoms with Crippen LogP contribution in [0.5, 0.6) is 0 Å². The predicted octanol–water partition coefficient (Wildman–Crippen LogP) is 1.14. The molecule has 1 aromatic rings. The summed E-state index contributed by atoms with van der Waals surface area (Å²) in [6, 6.07) is 7.79. The summed E-state index contributed by atoms with van der Waals surface area (Å²) in [5.41, 5.74) is 8.64. The van der Waals surface area contributed by atoms with Crippen LogP contribution in [0.15, 0.2) is 29.4 Å². The normalized spacial score (nSPS) is 24.4. The molecule has 1 aliphatic rings. The van der Waals surface area contributed by atoms with Gasteiger partial charge in [-0.1, -0.05) is 29.4 Å². The molecule has 1 aromatic carbocycles. The van der Waals surface area contributed by atoms with Crippen LogP contribution in [0, 0.1) is 0 Å². The molecule has 0 saturated heterocycles. The third-order valence-corrected chi connectivity index (χ3v) is 2.48. The van der Waals surface area contributed by atoms with Crippen LogP contribution in [-0.4, -0.2) is 17.0 Å². The van der Waals surface area contributed by atoms with Crippen molar-refractivity contribution in [1.82, 2.24) is 0 Å². The van der Waals surface area contributed by atoms with Crippen LogP contribution < -0.4 is 5.73 Å². The van der Waals surface area contributed by atoms with E-state index in [1.165, 1.54) is 5.56 Å². The predicted molar refractivity (Wildman–Crippen MR) is 51.1 cm³/mol. The minimum absolute atomic E-state index is 0.125. The molecule has 0 heterocycles. The lowest BCUT2D eigenvalue weighted by Crippen LogP contribution is -2.35. The van der Waals surface area contributed by atoms with E-state index < -0.39 is 0 Å². The highest BCUT2D eigenvalue weighted by Crippen LogP contribution is 2.20. The molecule has 3 nitrogen and oxygen atoms in total. The molecule has 3 N–H and O–H groups in total. The Morgan fingerprint density at radius 3 is 2.92 bits per heavy atom. The fourth-order valence-corrected chi connectivity index (χ4v) is 1.76. The van der Waals surface area contributed by atoms with E-state index in [-0.39, 0.29) is 6.04 Å². The van der Waals surface area contributed by atoms with Crippen molar-refractivity contribution in [3.8, 4) is 0 Å². The lowest BCUT2D eigenvalue weighted by Gasteiger charge is -2.21. The van der Waals surface area contributed by atoms with Crippen molar-refractivity contribution in [3.05, 3.63) is 35.4 Å². The number of hydrogen-bond donors (Lipinski definition) is 2. The average molecular weight is 176 g/mol. The minimum atomic E-state index is -0.125. The van der Waals surface area contributed by atoms with Crippen LogP contribution in [0.25, 0.3) is 0 Å². The first-order valence-electron chi connectivity index (χ1n) is 4.38. The first-order valence-corrected chi connectivity index (χ1v) is 4.38. The van der Waals surface area contributed by atoms with Crippen molar-refractivity contribution in [2.45, 2.75) is 18.9 Å². The van der Waals surface area contributed by atoms with Gasteiger partial charge in [-0.25, -0.2) is 0 Å². The quantitative estimate of drug-likeness (QED) is 0.460. The molecule has 0 spiro atoms. The Morgan fingerprint density at radius 1 is 1.38 bits per heavy atom. The first-order chi connectivity index (χ1) is 6.33. The molecule has 0 fully saturated rings. The number of hydrogen-bond acceptors (Lipinski definition) is 3. The summed E-state index contributed by atoms with van der Waals surface area (Å²) < 4.78 is 0. The smallest absolute Gasteiger partial charge is 0.104 e. The summed E-state index contributed by atoms with van der Waals surface area (Å²) in [6.45, 7) is 0. The second kappa shape index (κ2) is 3.18. The highest BCUT2D eigenvalue weighted by Gasteiger charge is 2.22. The van der Waals surface area contributed by atoms with Gasteiger partial charge in [0.05, 0.1) is 6.04 Å². The standard InChI is InChI=1S/C10H12N2O/c11-9-6-5-7-3-1-2-4-8(7)10(9)12-13/h1-4,9,13H,5-6,11H2/b12-10-. The molecule has 0 aromatic heterocycles. The summed E-state index contributed by atoms with van der Waals surface area (Å²) in [7, 11) is 0. The minimum Gasteiger partial charge on any atom is -0.411 e. The number of oxime groups is 1. The number of aryl methyl sites for hydroxylation is 1. The van der Waals surface area contributed by atoms with E-state index in [1.54, 1.807) is 0 Å². The van der Waals surface area contributed by atoms with E-state index >= 15 is 0 Å². The highest BCUT2D eigenvalue weighted by atomic mass is 16.4. The molecule has 0 bridgehead atoms. The molecule has 2 rings (SSSR count). The average Bonchev–Trinajstić information content (AvgIpc) is 2.18. The van der Waals surface area contributed by atoms with E-state index in [0.717, 1.165) is 18.4 Å². The van der Waals surface area contributed by atoms with Crippen LogP contribution in [0.1, 0.15) is 17.5 Å². The SMILES string of the molecule is NC1CCc2ccccc2/C1=N/O. The van der Waals surface area contributed by atoms with Crippen LogP contribution in [0.3, 0.4) is 0 Å². The zero-order valence-corrected chi connectivity index (χ0v) is 7.27. The Hall–Kier alpha value is -1.35. The van der Waals surface area contributed by atoms with Gasteiger partial charge in [-0.15, -0.1) is 0 Å². The first kappa shape index (κ1) is 8.26. The van der Waals surface area contributed by atoms with Crippen molar-refractivity contribution in [1.29, 1.82) is 0 Å². The molecule has 0 aliphatic heterocycles. The molecule has 1 atom stereocenters. The molecule has 1 unspecified atom stereocenters. The summed E-state index contributed by atoms with van der Waals surface area (Å²) in [4.78, 5) is 0. The summed E-state index contributed by atoms with van der Waals surface area (Å²) in [6.07, 6.45) is 1.83. The largest absolute Gasteiger partial charge is 0.411 e. The fourth-order valence-electron chi connectivity index (χ4n) is 1.76. The zero-order valence-electron chi connectivity index (χ0n) is 7.27. The summed E-state index contributed by atoms with van der Waals surface area (Å²) in [5, 5.41) is 12.1. The van der Waals surface area contributed by atoms with Gasteiger partial charge in [0.15, 0.2) is 0 Å². The molecule has 68 valence electrons. The topological polar surface area (TPSA) is 58.6 Å². The Morgan fingerprint density at radius 2 is 2.15 bits per heavy atom. The summed E-state index contributed by atoms with van der Waals surface area (Å²) in [5.74, 6) is 0. The molecule has 13 heavy (non-hydrogen) atoms. The summed E-state index contributed by atoms with van der Waals surface area (Å²) >= 11 is 0. The lowest BCUT2D eigenvalue weighted by molar-refractivity contribution is 0.316. The van der Waals surface area contributed by atoms with E-state index in [2.05, 4.69) is 5.16 Å². The Balaban J connectivity index is 2.52. The maximum Gasteiger partial charge on any atom is 0.104 e. The van der Waals surface area contributed by atoms with Crippen molar-refractivity contribution in [2.75, 3.05) is 0 Å². The maximum absolute atomic E-state index is 8.82. The van der Waals surface area contributed by atoms with Crippen LogP contribution in [0.2, 0.25) is 0 Å². The van der Waals surface area contributed by atoms with E-state index in [0.29, 0.717) is 5.71 Å². The van der Waals surface area contributed by atoms with Gasteiger partial charge in [-0.05, 0) is 18.4 Å². The van der Waals surface area contributed by atoms with Crippen LogP contribution in [-0.2, 0) is 6.42 Å². The van der Waals surface area contributed by atoms with Crippen LogP contribution >= 0.6 is 0 Å². The van der Waals surface area contributed by atoms with Gasteiger partial charge in [0.2, 0.25) is 0 Å². The third-order valence-electron chi connectivity index (χ3n) is 2.48. The Bertz CT molecular complexity index is 347. The number of benzene rings is 1. The Kier molecular flexibility index (Phi) is 2.02. The molecular weight excluding hydrogens is 164 g/mol. The third kappa shape index (κ3) is 1.31. The number of nitrogens with zero attached hydrogens (tertiary/aromatic N) is 1. The maximum atomic E-state index is 8.82. The van der Waals surface area contributed by atoms with Crippen molar-refractivity contribution in [3.63, 3.8) is 0 Å². The molecule has 0 amide bonds. The molecule has 3 heteroatoms. The second-order valence-corrected chi connectivity index (χ2v) is 3.29. The van der Waals surface area contributed by atoms with Crippen LogP contribution in [0.4, 0.5) is 0 Å². The second-order valence-electron chi connectivity index (χ2n) is 3.29. The van der Waals surface area contributed by atoms with Crippen molar-refractivity contribution >= 4 is 5.71 Å².